The summed E-state index contributed by atoms with van der Waals surface area (Å²) >= 11 is 8.84. The van der Waals surface area contributed by atoms with Crippen LogP contribution >= 0.6 is 35.5 Å². The molecule has 0 aromatic heterocycles. The van der Waals surface area contributed by atoms with Crippen LogP contribution in [0.3, 0.4) is 0 Å². The number of hydrogen-bond donors (Lipinski definition) is 2. The standard InChI is InChI=1S/C24H27ClFN3O2S2/c1-32-29-10-6-17(7-11-29)31-20-14-16(28-33-21-5-4-15(25)12-19(21)26)13-18-22(20)27-23(30)24(18)8-2-3-9-24/h4-5,12-14,17,28H,2-3,6-11H2,1H3,(H,27,30). The molecule has 2 aromatic rings. The van der Waals surface area contributed by atoms with Crippen molar-refractivity contribution in [3.63, 3.8) is 0 Å². The summed E-state index contributed by atoms with van der Waals surface area (Å²) in [5.74, 6) is 0.403. The Morgan fingerprint density at radius 2 is 1.97 bits per heavy atom. The summed E-state index contributed by atoms with van der Waals surface area (Å²) in [5, 5.41) is 3.50. The van der Waals surface area contributed by atoms with Crippen molar-refractivity contribution in [2.24, 2.45) is 0 Å². The molecule has 5 rings (SSSR count). The molecule has 2 aromatic carbocycles. The van der Waals surface area contributed by atoms with Crippen LogP contribution in [-0.4, -0.2) is 35.7 Å². The number of piperidine rings is 1. The van der Waals surface area contributed by atoms with Crippen LogP contribution in [0.1, 0.15) is 44.1 Å². The van der Waals surface area contributed by atoms with E-state index in [1.54, 1.807) is 24.1 Å². The summed E-state index contributed by atoms with van der Waals surface area (Å²) in [7, 11) is 0. The monoisotopic (exact) mass is 507 g/mol. The summed E-state index contributed by atoms with van der Waals surface area (Å²) in [4.78, 5) is 13.5. The van der Waals surface area contributed by atoms with Gasteiger partial charge in [-0.25, -0.2) is 4.39 Å². The van der Waals surface area contributed by atoms with Crippen molar-refractivity contribution in [1.29, 1.82) is 0 Å². The molecule has 1 amide bonds. The third-order valence-electron chi connectivity index (χ3n) is 6.87. The molecule has 2 aliphatic heterocycles. The Bertz CT molecular complexity index is 1060. The first kappa shape index (κ1) is 23.1. The Kier molecular flexibility index (Phi) is 6.71. The van der Waals surface area contributed by atoms with Gasteiger partial charge in [0.15, 0.2) is 0 Å². The third-order valence-corrected chi connectivity index (χ3v) is 8.88. The number of rotatable bonds is 6. The molecule has 1 saturated heterocycles. The van der Waals surface area contributed by atoms with Gasteiger partial charge in [-0.3, -0.25) is 9.10 Å². The number of halogens is 2. The molecule has 5 nitrogen and oxygen atoms in total. The zero-order chi connectivity index (χ0) is 23.0. The summed E-state index contributed by atoms with van der Waals surface area (Å²) in [5.41, 5.74) is 2.13. The largest absolute Gasteiger partial charge is 0.488 e. The lowest BCUT2D eigenvalue weighted by Crippen LogP contribution is -2.34. The highest BCUT2D eigenvalue weighted by Crippen LogP contribution is 2.53. The van der Waals surface area contributed by atoms with E-state index in [1.165, 1.54) is 18.0 Å². The number of benzene rings is 2. The molecule has 0 radical (unpaired) electrons. The molecule has 33 heavy (non-hydrogen) atoms. The smallest absolute Gasteiger partial charge is 0.235 e. The van der Waals surface area contributed by atoms with Crippen LogP contribution in [0, 0.1) is 5.82 Å². The molecule has 176 valence electrons. The first-order valence-electron chi connectivity index (χ1n) is 11.3. The maximum absolute atomic E-state index is 14.3. The van der Waals surface area contributed by atoms with E-state index in [0.29, 0.717) is 15.7 Å². The highest BCUT2D eigenvalue weighted by molar-refractivity contribution is 8.00. The van der Waals surface area contributed by atoms with Crippen molar-refractivity contribution in [1.82, 2.24) is 4.31 Å². The van der Waals surface area contributed by atoms with Gasteiger partial charge in [0, 0.05) is 29.9 Å². The van der Waals surface area contributed by atoms with E-state index < -0.39 is 5.41 Å². The lowest BCUT2D eigenvalue weighted by Gasteiger charge is -2.31. The molecule has 9 heteroatoms. The predicted molar refractivity (Wildman–Crippen MR) is 135 cm³/mol. The fourth-order valence-electron chi connectivity index (χ4n) is 5.09. The number of fused-ring (bicyclic) bond motifs is 2. The van der Waals surface area contributed by atoms with Gasteiger partial charge in [0.05, 0.1) is 16.0 Å². The Morgan fingerprint density at radius 1 is 1.21 bits per heavy atom. The van der Waals surface area contributed by atoms with Crippen LogP contribution in [0.2, 0.25) is 5.02 Å². The number of amides is 1. The average molecular weight is 508 g/mol. The number of nitrogens with zero attached hydrogens (tertiary/aromatic N) is 1. The molecule has 0 bridgehead atoms. The van der Waals surface area contributed by atoms with E-state index in [2.05, 4.69) is 20.6 Å². The number of carbonyl (C=O) groups excluding carboxylic acids is 1. The summed E-state index contributed by atoms with van der Waals surface area (Å²) < 4.78 is 26.4. The van der Waals surface area contributed by atoms with E-state index >= 15 is 0 Å². The van der Waals surface area contributed by atoms with Gasteiger partial charge in [-0.15, -0.1) is 0 Å². The average Bonchev–Trinajstić information content (AvgIpc) is 3.41. The molecule has 1 spiro atoms. The van der Waals surface area contributed by atoms with Gasteiger partial charge in [0.25, 0.3) is 0 Å². The predicted octanol–water partition coefficient (Wildman–Crippen LogP) is 6.48. The zero-order valence-corrected chi connectivity index (χ0v) is 20.8. The van der Waals surface area contributed by atoms with Crippen LogP contribution in [0.15, 0.2) is 35.2 Å². The SMILES string of the molecule is CSN1CCC(Oc2cc(NSc3ccc(Cl)cc3F)cc3c2NC(=O)C32CCCC2)CC1. The van der Waals surface area contributed by atoms with Gasteiger partial charge in [-0.2, -0.15) is 0 Å². The second-order valence-corrected chi connectivity index (χ2v) is 11.0. The van der Waals surface area contributed by atoms with Gasteiger partial charge in [-0.1, -0.05) is 36.4 Å². The van der Waals surface area contributed by atoms with Gasteiger partial charge < -0.3 is 14.8 Å². The second-order valence-electron chi connectivity index (χ2n) is 8.85. The zero-order valence-electron chi connectivity index (χ0n) is 18.5. The number of anilines is 2. The van der Waals surface area contributed by atoms with Crippen molar-refractivity contribution < 1.29 is 13.9 Å². The normalized spacial score (nSPS) is 20.2. The fraction of sp³-hybridized carbons (Fsp3) is 0.458. The van der Waals surface area contributed by atoms with Gasteiger partial charge >= 0.3 is 0 Å². The summed E-state index contributed by atoms with van der Waals surface area (Å²) in [6, 6.07) is 8.59. The first-order chi connectivity index (χ1) is 16.0. The molecule has 1 saturated carbocycles. The van der Waals surface area contributed by atoms with Crippen LogP contribution in [-0.2, 0) is 10.2 Å². The van der Waals surface area contributed by atoms with Crippen LogP contribution in [0.4, 0.5) is 15.8 Å². The highest BCUT2D eigenvalue weighted by Gasteiger charge is 2.49. The van der Waals surface area contributed by atoms with Crippen molar-refractivity contribution in [3.8, 4) is 5.75 Å². The fourth-order valence-corrected chi connectivity index (χ4v) is 6.46. The van der Waals surface area contributed by atoms with Crippen molar-refractivity contribution >= 4 is 52.8 Å². The number of nitrogens with one attached hydrogen (secondary N) is 2. The molecule has 1 aliphatic carbocycles. The van der Waals surface area contributed by atoms with Crippen molar-refractivity contribution in [2.45, 2.75) is 54.9 Å². The van der Waals surface area contributed by atoms with Gasteiger partial charge in [-0.05, 0) is 73.7 Å². The van der Waals surface area contributed by atoms with E-state index in [-0.39, 0.29) is 17.8 Å². The van der Waals surface area contributed by atoms with E-state index in [0.717, 1.165) is 68.6 Å². The van der Waals surface area contributed by atoms with Crippen molar-refractivity contribution in [3.05, 3.63) is 46.7 Å². The second kappa shape index (κ2) is 9.56. The minimum absolute atomic E-state index is 0.0746. The van der Waals surface area contributed by atoms with Gasteiger partial charge in [0.1, 0.15) is 17.7 Å². The minimum atomic E-state index is -0.483. The number of ether oxygens (including phenoxy) is 1. The lowest BCUT2D eigenvalue weighted by atomic mass is 9.80. The highest BCUT2D eigenvalue weighted by atomic mass is 35.5. The van der Waals surface area contributed by atoms with Crippen LogP contribution in [0.5, 0.6) is 5.75 Å². The molecule has 2 fully saturated rings. The number of carbonyl (C=O) groups is 1. The van der Waals surface area contributed by atoms with E-state index in [1.807, 2.05) is 12.1 Å². The Morgan fingerprint density at radius 3 is 2.67 bits per heavy atom. The molecular weight excluding hydrogens is 481 g/mol. The van der Waals surface area contributed by atoms with Gasteiger partial charge in [0.2, 0.25) is 5.91 Å². The molecule has 2 N–H and O–H groups in total. The lowest BCUT2D eigenvalue weighted by molar-refractivity contribution is -0.120. The molecule has 3 aliphatic rings. The Balaban J connectivity index is 1.44. The molecule has 2 heterocycles. The molecule has 0 unspecified atom stereocenters. The molecule has 0 atom stereocenters. The van der Waals surface area contributed by atoms with Crippen molar-refractivity contribution in [2.75, 3.05) is 29.4 Å². The van der Waals surface area contributed by atoms with Crippen LogP contribution in [0.25, 0.3) is 0 Å². The summed E-state index contributed by atoms with van der Waals surface area (Å²) in [6.45, 7) is 1.96. The van der Waals surface area contributed by atoms with E-state index in [9.17, 15) is 9.18 Å². The Labute approximate surface area is 207 Å². The third kappa shape index (κ3) is 4.55. The van der Waals surface area contributed by atoms with E-state index in [4.69, 9.17) is 16.3 Å². The maximum atomic E-state index is 14.3. The minimum Gasteiger partial charge on any atom is -0.488 e. The first-order valence-corrected chi connectivity index (χ1v) is 13.7. The van der Waals surface area contributed by atoms with Crippen LogP contribution < -0.4 is 14.8 Å². The molecular formula is C24H27ClFN3O2S2. The number of hydrogen-bond acceptors (Lipinski definition) is 6. The quantitative estimate of drug-likeness (QED) is 0.436. The Hall–Kier alpha value is -1.61. The maximum Gasteiger partial charge on any atom is 0.235 e. The topological polar surface area (TPSA) is 53.6 Å². The summed E-state index contributed by atoms with van der Waals surface area (Å²) in [6.07, 6.45) is 7.86.